The third-order valence-electron chi connectivity index (χ3n) is 3.38. The molecule has 0 unspecified atom stereocenters. The van der Waals surface area contributed by atoms with Crippen LogP contribution in [0, 0.1) is 5.92 Å². The number of nitrogens with one attached hydrogen (secondary N) is 2. The van der Waals surface area contributed by atoms with Crippen molar-refractivity contribution in [2.45, 2.75) is 12.8 Å². The molecule has 0 spiro atoms. The normalized spacial score (nSPS) is 18.1. The lowest BCUT2D eigenvalue weighted by atomic mass is 10.2. The van der Waals surface area contributed by atoms with E-state index in [1.165, 1.54) is 11.9 Å². The lowest BCUT2D eigenvalue weighted by molar-refractivity contribution is -0.121. The van der Waals surface area contributed by atoms with E-state index >= 15 is 0 Å². The van der Waals surface area contributed by atoms with E-state index in [0.29, 0.717) is 10.8 Å². The molecule has 0 atom stereocenters. The molecular formula is C14H17N3O3S. The van der Waals surface area contributed by atoms with Crippen molar-refractivity contribution < 1.29 is 14.4 Å². The number of hydrazine groups is 1. The summed E-state index contributed by atoms with van der Waals surface area (Å²) in [5.74, 6) is 1.04. The van der Waals surface area contributed by atoms with Gasteiger partial charge in [-0.15, -0.1) is 4.83 Å². The number of ether oxygens (including phenoxy) is 1. The number of rotatable bonds is 5. The fourth-order valence-electron chi connectivity index (χ4n) is 2.15. The van der Waals surface area contributed by atoms with E-state index < -0.39 is 0 Å². The maximum Gasteiger partial charge on any atom is 0.265 e. The summed E-state index contributed by atoms with van der Waals surface area (Å²) in [6.45, 7) is 0. The molecule has 0 bridgehead atoms. The molecule has 112 valence electrons. The molecular weight excluding hydrogens is 290 g/mol. The van der Waals surface area contributed by atoms with Crippen molar-refractivity contribution in [3.05, 3.63) is 34.9 Å². The third-order valence-corrected chi connectivity index (χ3v) is 4.24. The number of nitrogens with zero attached hydrogens (tertiary/aromatic N) is 1. The Morgan fingerprint density at radius 2 is 2.05 bits per heavy atom. The summed E-state index contributed by atoms with van der Waals surface area (Å²) in [4.78, 5) is 21.3. The summed E-state index contributed by atoms with van der Waals surface area (Å²) in [5, 5.41) is 4.47. The zero-order valence-corrected chi connectivity index (χ0v) is 12.7. The van der Waals surface area contributed by atoms with Crippen LogP contribution in [0.4, 0.5) is 5.69 Å². The molecule has 1 amide bonds. The number of hydroxylamine groups is 1. The average Bonchev–Trinajstić information content (AvgIpc) is 3.26. The Bertz CT molecular complexity index is 569. The van der Waals surface area contributed by atoms with Crippen LogP contribution in [0.5, 0.6) is 5.75 Å². The first-order valence-electron chi connectivity index (χ1n) is 6.69. The number of anilines is 1. The molecule has 7 heteroatoms. The predicted molar refractivity (Wildman–Crippen MR) is 80.9 cm³/mol. The molecule has 6 nitrogen and oxygen atoms in total. The average molecular weight is 307 g/mol. The van der Waals surface area contributed by atoms with Crippen molar-refractivity contribution in [3.8, 4) is 5.75 Å². The Morgan fingerprint density at radius 1 is 1.33 bits per heavy atom. The Hall–Kier alpha value is -1.70. The Balaban J connectivity index is 1.75. The van der Waals surface area contributed by atoms with Gasteiger partial charge in [0.2, 0.25) is 0 Å². The minimum atomic E-state index is -0.126. The van der Waals surface area contributed by atoms with Gasteiger partial charge in [-0.1, -0.05) is 0 Å². The Labute approximate surface area is 127 Å². The van der Waals surface area contributed by atoms with Crippen molar-refractivity contribution in [2.24, 2.45) is 5.92 Å². The molecule has 21 heavy (non-hydrogen) atoms. The molecule has 1 aromatic carbocycles. The van der Waals surface area contributed by atoms with Gasteiger partial charge in [0.05, 0.1) is 19.9 Å². The lowest BCUT2D eigenvalue weighted by Gasteiger charge is -2.17. The summed E-state index contributed by atoms with van der Waals surface area (Å²) >= 11 is 1.28. The van der Waals surface area contributed by atoms with Gasteiger partial charge in [-0.3, -0.25) is 9.63 Å². The summed E-state index contributed by atoms with van der Waals surface area (Å²) in [6, 6.07) is 7.26. The third kappa shape index (κ3) is 2.99. The topological polar surface area (TPSA) is 62.8 Å². The van der Waals surface area contributed by atoms with Crippen molar-refractivity contribution >= 4 is 23.5 Å². The molecule has 3 rings (SSSR count). The van der Waals surface area contributed by atoms with E-state index in [4.69, 9.17) is 9.57 Å². The highest BCUT2D eigenvalue weighted by molar-refractivity contribution is 8.02. The summed E-state index contributed by atoms with van der Waals surface area (Å²) in [5.41, 5.74) is 1.66. The van der Waals surface area contributed by atoms with Crippen molar-refractivity contribution in [2.75, 3.05) is 19.5 Å². The van der Waals surface area contributed by atoms with Crippen molar-refractivity contribution in [3.63, 3.8) is 0 Å². The molecule has 1 heterocycles. The number of amides is 1. The van der Waals surface area contributed by atoms with Gasteiger partial charge < -0.3 is 10.1 Å². The van der Waals surface area contributed by atoms with Crippen LogP contribution >= 0.6 is 11.9 Å². The highest BCUT2D eigenvalue weighted by Crippen LogP contribution is 2.44. The molecule has 1 aliphatic carbocycles. The molecule has 0 radical (unpaired) electrons. The van der Waals surface area contributed by atoms with Crippen molar-refractivity contribution in [1.29, 1.82) is 0 Å². The van der Waals surface area contributed by atoms with Gasteiger partial charge >= 0.3 is 0 Å². The molecule has 1 saturated carbocycles. The molecule has 0 saturated heterocycles. The van der Waals surface area contributed by atoms with E-state index in [-0.39, 0.29) is 5.91 Å². The number of hydrogen-bond donors (Lipinski definition) is 2. The van der Waals surface area contributed by atoms with Crippen LogP contribution in [0.2, 0.25) is 0 Å². The zero-order valence-electron chi connectivity index (χ0n) is 11.9. The standard InChI is InChI=1S/C14H17N3O3S/c1-19-11-7-5-10(6-8-11)15-14(18)13-12(9-3-4-9)17(20-2)16-21-13/h5-9,16H,3-4H2,1-2H3,(H,15,18). The first kappa shape index (κ1) is 14.2. The monoisotopic (exact) mass is 307 g/mol. The largest absolute Gasteiger partial charge is 0.497 e. The van der Waals surface area contributed by atoms with E-state index in [2.05, 4.69) is 10.1 Å². The highest BCUT2D eigenvalue weighted by Gasteiger charge is 2.39. The van der Waals surface area contributed by atoms with Gasteiger partial charge in [0, 0.05) is 11.6 Å². The van der Waals surface area contributed by atoms with Gasteiger partial charge in [0.15, 0.2) is 0 Å². The summed E-state index contributed by atoms with van der Waals surface area (Å²) < 4.78 is 5.10. The Morgan fingerprint density at radius 3 is 2.62 bits per heavy atom. The smallest absolute Gasteiger partial charge is 0.265 e. The van der Waals surface area contributed by atoms with Crippen LogP contribution < -0.4 is 14.9 Å². The zero-order chi connectivity index (χ0) is 14.8. The highest BCUT2D eigenvalue weighted by atomic mass is 32.2. The van der Waals surface area contributed by atoms with Gasteiger partial charge in [0.25, 0.3) is 5.91 Å². The maximum atomic E-state index is 12.4. The van der Waals surface area contributed by atoms with Gasteiger partial charge in [-0.25, -0.2) is 0 Å². The minimum Gasteiger partial charge on any atom is -0.497 e. The van der Waals surface area contributed by atoms with Gasteiger partial charge in [-0.2, -0.15) is 5.17 Å². The lowest BCUT2D eigenvalue weighted by Crippen LogP contribution is -2.27. The van der Waals surface area contributed by atoms with Crippen molar-refractivity contribution in [1.82, 2.24) is 10.0 Å². The fraction of sp³-hybridized carbons (Fsp3) is 0.357. The number of carbonyl (C=O) groups excluding carboxylic acids is 1. The predicted octanol–water partition coefficient (Wildman–Crippen LogP) is 2.29. The van der Waals surface area contributed by atoms with Crippen LogP contribution in [0.15, 0.2) is 34.9 Å². The minimum absolute atomic E-state index is 0.126. The number of allylic oxidation sites excluding steroid dienone is 1. The SMILES string of the molecule is COc1ccc(NC(=O)C2=C(C3CC3)N(OC)NS2)cc1. The molecule has 1 aliphatic heterocycles. The van der Waals surface area contributed by atoms with Crippen LogP contribution in [0.1, 0.15) is 12.8 Å². The van der Waals surface area contributed by atoms with Crippen LogP contribution in [-0.2, 0) is 9.63 Å². The van der Waals surface area contributed by atoms with E-state index in [9.17, 15) is 4.79 Å². The fourth-order valence-corrected chi connectivity index (χ4v) is 2.99. The Kier molecular flexibility index (Phi) is 4.05. The first-order chi connectivity index (χ1) is 10.2. The summed E-state index contributed by atoms with van der Waals surface area (Å²) in [7, 11) is 3.20. The van der Waals surface area contributed by atoms with Crippen LogP contribution in [-0.4, -0.2) is 25.3 Å². The molecule has 1 aromatic rings. The quantitative estimate of drug-likeness (QED) is 0.814. The number of benzene rings is 1. The van der Waals surface area contributed by atoms with Crippen LogP contribution in [0.25, 0.3) is 0 Å². The van der Waals surface area contributed by atoms with E-state index in [1.54, 1.807) is 19.4 Å². The maximum absolute atomic E-state index is 12.4. The second-order valence-electron chi connectivity index (χ2n) is 4.84. The molecule has 0 aromatic heterocycles. The second kappa shape index (κ2) is 5.97. The number of methoxy groups -OCH3 is 1. The molecule has 1 fully saturated rings. The van der Waals surface area contributed by atoms with Gasteiger partial charge in [0.1, 0.15) is 10.7 Å². The van der Waals surface area contributed by atoms with E-state index in [1.807, 2.05) is 24.3 Å². The van der Waals surface area contributed by atoms with Crippen LogP contribution in [0.3, 0.4) is 0 Å². The van der Waals surface area contributed by atoms with Gasteiger partial charge in [-0.05, 0) is 49.1 Å². The first-order valence-corrected chi connectivity index (χ1v) is 7.51. The van der Waals surface area contributed by atoms with E-state index in [0.717, 1.165) is 30.0 Å². The molecule has 2 aliphatic rings. The number of carbonyl (C=O) groups is 1. The molecule has 2 N–H and O–H groups in total. The summed E-state index contributed by atoms with van der Waals surface area (Å²) in [6.07, 6.45) is 2.19. The number of hydrogen-bond acceptors (Lipinski definition) is 6. The second-order valence-corrected chi connectivity index (χ2v) is 5.64.